The second-order valence-electron chi connectivity index (χ2n) is 7.82. The molecule has 3 heterocycles. The second kappa shape index (κ2) is 8.88. The van der Waals surface area contributed by atoms with E-state index in [0.29, 0.717) is 21.7 Å². The van der Waals surface area contributed by atoms with E-state index in [2.05, 4.69) is 32.4 Å². The highest BCUT2D eigenvalue weighted by atomic mass is 35.5. The van der Waals surface area contributed by atoms with Crippen LogP contribution in [0.4, 0.5) is 17.5 Å². The minimum absolute atomic E-state index is 0.132. The number of halogens is 2. The summed E-state index contributed by atoms with van der Waals surface area (Å²) in [4.78, 5) is 47.8. The molecule has 0 bridgehead atoms. The van der Waals surface area contributed by atoms with E-state index < -0.39 is 17.4 Å². The summed E-state index contributed by atoms with van der Waals surface area (Å²) in [5, 5.41) is 6.04. The Hall–Kier alpha value is -2.58. The molecule has 4 rings (SSSR count). The molecule has 2 atom stereocenters. The van der Waals surface area contributed by atoms with Gasteiger partial charge in [-0.05, 0) is 43.9 Å². The predicted octanol–water partition coefficient (Wildman–Crippen LogP) is 3.91. The van der Waals surface area contributed by atoms with Gasteiger partial charge in [0.25, 0.3) is 5.56 Å². The number of carbonyl (C=O) groups is 2. The predicted molar refractivity (Wildman–Crippen MR) is 121 cm³/mol. The summed E-state index contributed by atoms with van der Waals surface area (Å²) in [6.45, 7) is 2.88. The minimum atomic E-state index is -0.993. The molecule has 1 aromatic heterocycles. The van der Waals surface area contributed by atoms with Gasteiger partial charge in [-0.1, -0.05) is 30.1 Å². The Labute approximate surface area is 189 Å². The van der Waals surface area contributed by atoms with Crippen LogP contribution >= 0.6 is 23.2 Å². The Morgan fingerprint density at radius 1 is 1.29 bits per heavy atom. The first kappa shape index (κ1) is 21.6. The van der Waals surface area contributed by atoms with Crippen molar-refractivity contribution in [1.29, 1.82) is 0 Å². The highest BCUT2D eigenvalue weighted by molar-refractivity contribution is 6.35. The lowest BCUT2D eigenvalue weighted by atomic mass is 9.92. The van der Waals surface area contributed by atoms with E-state index in [9.17, 15) is 14.4 Å². The minimum Gasteiger partial charge on any atom is -0.339 e. The molecule has 0 spiro atoms. The zero-order valence-corrected chi connectivity index (χ0v) is 18.5. The number of aromatic nitrogens is 2. The standard InChI is InChI=1S/C21H23Cl2N5O3/c1-2-12-5-3-4-8-28(12)21-26-18-17(20(31)27-21)13(10-16(29)25-18)19(30)24-15-9-11(22)6-7-14(15)23/h6-7,9,12-13H,2-5,8,10H2,1H3,(H,24,30)(H2,25,26,27,29,31)/t12-,13-/m0/s1. The smallest absolute Gasteiger partial charge is 0.258 e. The first-order chi connectivity index (χ1) is 14.9. The number of hydrogen-bond donors (Lipinski definition) is 3. The number of benzene rings is 1. The van der Waals surface area contributed by atoms with Crippen molar-refractivity contribution in [2.45, 2.75) is 51.0 Å². The van der Waals surface area contributed by atoms with Crippen LogP contribution in [0.3, 0.4) is 0 Å². The zero-order valence-electron chi connectivity index (χ0n) is 17.0. The molecule has 2 aliphatic heterocycles. The Kier molecular flexibility index (Phi) is 6.20. The summed E-state index contributed by atoms with van der Waals surface area (Å²) in [5.74, 6) is -1.33. The molecular weight excluding hydrogens is 441 g/mol. The largest absolute Gasteiger partial charge is 0.339 e. The van der Waals surface area contributed by atoms with Crippen molar-refractivity contribution < 1.29 is 9.59 Å². The maximum absolute atomic E-state index is 13.0. The fourth-order valence-corrected chi connectivity index (χ4v) is 4.57. The topological polar surface area (TPSA) is 107 Å². The van der Waals surface area contributed by atoms with E-state index in [1.54, 1.807) is 12.1 Å². The molecule has 10 heteroatoms. The van der Waals surface area contributed by atoms with E-state index in [1.807, 2.05) is 0 Å². The SMILES string of the molecule is CC[C@H]1CCCCN1c1nc2c(c(=O)[nH]1)[C@@H](C(=O)Nc1cc(Cl)ccc1Cl)CC(=O)N2. The second-order valence-corrected chi connectivity index (χ2v) is 8.67. The molecule has 164 valence electrons. The number of piperidine rings is 1. The van der Waals surface area contributed by atoms with Gasteiger partial charge in [0.2, 0.25) is 17.8 Å². The lowest BCUT2D eigenvalue weighted by molar-refractivity contribution is -0.123. The fourth-order valence-electron chi connectivity index (χ4n) is 4.24. The molecule has 0 aliphatic carbocycles. The number of aromatic amines is 1. The Balaban J connectivity index is 1.67. The zero-order chi connectivity index (χ0) is 22.1. The van der Waals surface area contributed by atoms with Crippen molar-refractivity contribution in [2.75, 3.05) is 22.1 Å². The van der Waals surface area contributed by atoms with Crippen LogP contribution in [0.2, 0.25) is 10.0 Å². The van der Waals surface area contributed by atoms with E-state index >= 15 is 0 Å². The molecule has 0 unspecified atom stereocenters. The van der Waals surface area contributed by atoms with Crippen LogP contribution in [-0.4, -0.2) is 34.4 Å². The Bertz CT molecular complexity index is 1090. The van der Waals surface area contributed by atoms with Gasteiger partial charge >= 0.3 is 0 Å². The summed E-state index contributed by atoms with van der Waals surface area (Å²) in [5.41, 5.74) is 0.0219. The number of hydrogen-bond acceptors (Lipinski definition) is 5. The van der Waals surface area contributed by atoms with Crippen LogP contribution in [0.15, 0.2) is 23.0 Å². The summed E-state index contributed by atoms with van der Waals surface area (Å²) >= 11 is 12.1. The van der Waals surface area contributed by atoms with Crippen molar-refractivity contribution in [3.05, 3.63) is 44.2 Å². The van der Waals surface area contributed by atoms with E-state index in [0.717, 1.165) is 32.2 Å². The number of amides is 2. The maximum atomic E-state index is 13.0. The molecule has 1 aromatic carbocycles. The molecule has 2 amide bonds. The molecule has 31 heavy (non-hydrogen) atoms. The van der Waals surface area contributed by atoms with Crippen LogP contribution in [0.1, 0.15) is 50.5 Å². The monoisotopic (exact) mass is 463 g/mol. The van der Waals surface area contributed by atoms with Crippen molar-refractivity contribution in [1.82, 2.24) is 9.97 Å². The number of fused-ring (bicyclic) bond motifs is 1. The average molecular weight is 464 g/mol. The van der Waals surface area contributed by atoms with Crippen LogP contribution in [0.25, 0.3) is 0 Å². The van der Waals surface area contributed by atoms with Crippen LogP contribution in [0.5, 0.6) is 0 Å². The number of H-pyrrole nitrogens is 1. The Morgan fingerprint density at radius 2 is 2.10 bits per heavy atom. The molecule has 1 saturated heterocycles. The lowest BCUT2D eigenvalue weighted by Crippen LogP contribution is -2.43. The molecule has 0 radical (unpaired) electrons. The summed E-state index contributed by atoms with van der Waals surface area (Å²) < 4.78 is 0. The number of nitrogens with one attached hydrogen (secondary N) is 3. The van der Waals surface area contributed by atoms with Crippen LogP contribution in [-0.2, 0) is 9.59 Å². The first-order valence-electron chi connectivity index (χ1n) is 10.3. The van der Waals surface area contributed by atoms with Gasteiger partial charge in [-0.2, -0.15) is 4.98 Å². The molecule has 2 aromatic rings. The van der Waals surface area contributed by atoms with Gasteiger partial charge in [-0.15, -0.1) is 0 Å². The molecule has 1 fully saturated rings. The van der Waals surface area contributed by atoms with Gasteiger partial charge in [0.15, 0.2) is 0 Å². The van der Waals surface area contributed by atoms with E-state index in [4.69, 9.17) is 23.2 Å². The van der Waals surface area contributed by atoms with Crippen molar-refractivity contribution in [2.24, 2.45) is 0 Å². The number of rotatable bonds is 4. The van der Waals surface area contributed by atoms with Gasteiger partial charge in [0.05, 0.1) is 22.2 Å². The van der Waals surface area contributed by atoms with Gasteiger partial charge in [-0.25, -0.2) is 0 Å². The van der Waals surface area contributed by atoms with Crippen LogP contribution < -0.4 is 21.1 Å². The fraction of sp³-hybridized carbons (Fsp3) is 0.429. The molecule has 0 saturated carbocycles. The average Bonchev–Trinajstić information content (AvgIpc) is 2.75. The van der Waals surface area contributed by atoms with E-state index in [1.165, 1.54) is 6.07 Å². The highest BCUT2D eigenvalue weighted by Gasteiger charge is 2.36. The molecule has 2 aliphatic rings. The highest BCUT2D eigenvalue weighted by Crippen LogP contribution is 2.33. The van der Waals surface area contributed by atoms with Crippen molar-refractivity contribution in [3.63, 3.8) is 0 Å². The summed E-state index contributed by atoms with van der Waals surface area (Å²) in [7, 11) is 0. The number of anilines is 3. The van der Waals surface area contributed by atoms with Crippen molar-refractivity contribution in [3.8, 4) is 0 Å². The third kappa shape index (κ3) is 4.41. The van der Waals surface area contributed by atoms with Gasteiger partial charge in [-0.3, -0.25) is 19.4 Å². The Morgan fingerprint density at radius 3 is 2.87 bits per heavy atom. The van der Waals surface area contributed by atoms with Crippen molar-refractivity contribution >= 4 is 52.5 Å². The summed E-state index contributed by atoms with van der Waals surface area (Å²) in [6.07, 6.45) is 3.93. The first-order valence-corrected chi connectivity index (χ1v) is 11.1. The van der Waals surface area contributed by atoms with Crippen LogP contribution in [0, 0.1) is 0 Å². The normalized spacial score (nSPS) is 20.7. The van der Waals surface area contributed by atoms with Gasteiger partial charge < -0.3 is 15.5 Å². The maximum Gasteiger partial charge on any atom is 0.258 e. The summed E-state index contributed by atoms with van der Waals surface area (Å²) in [6, 6.07) is 4.95. The van der Waals surface area contributed by atoms with Gasteiger partial charge in [0, 0.05) is 24.0 Å². The molecular formula is C21H23Cl2N5O3. The van der Waals surface area contributed by atoms with Gasteiger partial charge in [0.1, 0.15) is 5.82 Å². The molecule has 8 nitrogen and oxygen atoms in total. The number of nitrogens with zero attached hydrogens (tertiary/aromatic N) is 2. The lowest BCUT2D eigenvalue weighted by Gasteiger charge is -2.36. The quantitative estimate of drug-likeness (QED) is 0.636. The van der Waals surface area contributed by atoms with E-state index in [-0.39, 0.29) is 29.8 Å². The third-order valence-electron chi connectivity index (χ3n) is 5.81. The molecule has 3 N–H and O–H groups in total. The third-order valence-corrected chi connectivity index (χ3v) is 6.38. The number of carbonyl (C=O) groups excluding carboxylic acids is 2.